The van der Waals surface area contributed by atoms with Gasteiger partial charge in [0.1, 0.15) is 5.56 Å². The molecule has 3 aromatic rings. The van der Waals surface area contributed by atoms with Crippen molar-refractivity contribution >= 4 is 16.8 Å². The van der Waals surface area contributed by atoms with Gasteiger partial charge in [0.15, 0.2) is 0 Å². The van der Waals surface area contributed by atoms with Crippen LogP contribution in [0, 0.1) is 0 Å². The maximum atomic E-state index is 12.1. The number of nitrogens with one attached hydrogen (secondary N) is 1. The second-order valence-corrected chi connectivity index (χ2v) is 5.52. The van der Waals surface area contributed by atoms with Gasteiger partial charge in [-0.2, -0.15) is 0 Å². The molecule has 0 spiro atoms. The third-order valence-electron chi connectivity index (χ3n) is 3.91. The Morgan fingerprint density at radius 3 is 2.78 bits per heavy atom. The number of para-hydroxylation sites is 1. The molecule has 1 N–H and O–H groups in total. The van der Waals surface area contributed by atoms with Crippen molar-refractivity contribution in [3.63, 3.8) is 0 Å². The third kappa shape index (κ3) is 3.18. The number of benzene rings is 1. The van der Waals surface area contributed by atoms with Crippen LogP contribution in [0.25, 0.3) is 10.9 Å². The Balaban J connectivity index is 1.56. The van der Waals surface area contributed by atoms with E-state index in [9.17, 15) is 9.59 Å². The van der Waals surface area contributed by atoms with Crippen LogP contribution in [0.2, 0.25) is 0 Å². The number of pyridine rings is 1. The van der Waals surface area contributed by atoms with Crippen LogP contribution in [-0.4, -0.2) is 21.6 Å². The maximum absolute atomic E-state index is 12.1. The summed E-state index contributed by atoms with van der Waals surface area (Å²) in [5.74, 6) is -0.316. The number of fused-ring (bicyclic) bond motifs is 1. The van der Waals surface area contributed by atoms with Crippen molar-refractivity contribution in [2.75, 3.05) is 6.54 Å². The molecule has 0 aliphatic rings. The van der Waals surface area contributed by atoms with Crippen molar-refractivity contribution in [2.24, 2.45) is 7.05 Å². The molecule has 2 aromatic heterocycles. The fraction of sp³-hybridized carbons (Fsp3) is 0.222. The number of carbonyl (C=O) groups is 1. The second kappa shape index (κ2) is 6.52. The quantitative estimate of drug-likeness (QED) is 0.734. The summed E-state index contributed by atoms with van der Waals surface area (Å²) < 4.78 is 3.57. The SMILES string of the molecule is Cn1cccc(C(=O)NCCCn2ccc3ccccc32)c1=O. The van der Waals surface area contributed by atoms with Gasteiger partial charge >= 0.3 is 0 Å². The summed E-state index contributed by atoms with van der Waals surface area (Å²) in [4.78, 5) is 23.9. The summed E-state index contributed by atoms with van der Waals surface area (Å²) in [6.45, 7) is 1.35. The number of hydrogen-bond donors (Lipinski definition) is 1. The van der Waals surface area contributed by atoms with E-state index in [0.717, 1.165) is 13.0 Å². The van der Waals surface area contributed by atoms with Crippen molar-refractivity contribution in [2.45, 2.75) is 13.0 Å². The molecule has 0 saturated heterocycles. The van der Waals surface area contributed by atoms with Gasteiger partial charge in [-0.05, 0) is 36.1 Å². The highest BCUT2D eigenvalue weighted by atomic mass is 16.2. The van der Waals surface area contributed by atoms with Gasteiger partial charge in [0, 0.05) is 38.0 Å². The lowest BCUT2D eigenvalue weighted by Gasteiger charge is -2.08. The molecule has 0 atom stereocenters. The van der Waals surface area contributed by atoms with E-state index in [4.69, 9.17) is 0 Å². The Morgan fingerprint density at radius 2 is 1.91 bits per heavy atom. The summed E-state index contributed by atoms with van der Waals surface area (Å²) in [5.41, 5.74) is 1.10. The standard InChI is InChI=1S/C18H19N3O2/c1-20-11-4-7-15(18(20)23)17(22)19-10-5-12-21-13-9-14-6-2-3-8-16(14)21/h2-4,6-9,11,13H,5,10,12H2,1H3,(H,19,22). The highest BCUT2D eigenvalue weighted by Crippen LogP contribution is 2.15. The first-order chi connectivity index (χ1) is 11.2. The zero-order valence-electron chi connectivity index (χ0n) is 13.0. The van der Waals surface area contributed by atoms with Crippen LogP contribution in [0.4, 0.5) is 0 Å². The van der Waals surface area contributed by atoms with Gasteiger partial charge in [0.25, 0.3) is 11.5 Å². The minimum atomic E-state index is -0.316. The first-order valence-corrected chi connectivity index (χ1v) is 7.64. The van der Waals surface area contributed by atoms with Crippen LogP contribution in [0.5, 0.6) is 0 Å². The van der Waals surface area contributed by atoms with Crippen LogP contribution in [0.1, 0.15) is 16.8 Å². The van der Waals surface area contributed by atoms with Crippen LogP contribution in [0.3, 0.4) is 0 Å². The van der Waals surface area contributed by atoms with Crippen LogP contribution in [0.15, 0.2) is 59.7 Å². The Morgan fingerprint density at radius 1 is 1.09 bits per heavy atom. The molecule has 3 rings (SSSR count). The van der Waals surface area contributed by atoms with Crippen LogP contribution in [-0.2, 0) is 13.6 Å². The molecule has 0 bridgehead atoms. The molecule has 1 aromatic carbocycles. The Hall–Kier alpha value is -2.82. The minimum Gasteiger partial charge on any atom is -0.352 e. The van der Waals surface area contributed by atoms with E-state index in [2.05, 4.69) is 34.3 Å². The number of aromatic nitrogens is 2. The smallest absolute Gasteiger partial charge is 0.263 e. The fourth-order valence-corrected chi connectivity index (χ4v) is 2.65. The summed E-state index contributed by atoms with van der Waals surface area (Å²) >= 11 is 0. The van der Waals surface area contributed by atoms with E-state index in [-0.39, 0.29) is 17.0 Å². The van der Waals surface area contributed by atoms with Crippen molar-refractivity contribution in [3.8, 4) is 0 Å². The molecular weight excluding hydrogens is 290 g/mol. The molecule has 118 valence electrons. The van der Waals surface area contributed by atoms with Gasteiger partial charge in [0.05, 0.1) is 0 Å². The molecule has 23 heavy (non-hydrogen) atoms. The topological polar surface area (TPSA) is 56.0 Å². The highest BCUT2D eigenvalue weighted by Gasteiger charge is 2.10. The third-order valence-corrected chi connectivity index (χ3v) is 3.91. The van der Waals surface area contributed by atoms with Crippen molar-refractivity contribution in [3.05, 3.63) is 70.8 Å². The number of hydrogen-bond acceptors (Lipinski definition) is 2. The lowest BCUT2D eigenvalue weighted by atomic mass is 10.2. The van der Waals surface area contributed by atoms with Crippen LogP contribution < -0.4 is 10.9 Å². The largest absolute Gasteiger partial charge is 0.352 e. The molecule has 2 heterocycles. The van der Waals surface area contributed by atoms with Crippen molar-refractivity contribution < 1.29 is 4.79 Å². The van der Waals surface area contributed by atoms with E-state index in [0.29, 0.717) is 6.54 Å². The van der Waals surface area contributed by atoms with Gasteiger partial charge < -0.3 is 14.5 Å². The van der Waals surface area contributed by atoms with Crippen LogP contribution >= 0.6 is 0 Å². The van der Waals surface area contributed by atoms with Gasteiger partial charge in [-0.1, -0.05) is 18.2 Å². The molecule has 0 unspecified atom stereocenters. The monoisotopic (exact) mass is 309 g/mol. The minimum absolute atomic E-state index is 0.182. The average Bonchev–Trinajstić information content (AvgIpc) is 2.97. The lowest BCUT2D eigenvalue weighted by Crippen LogP contribution is -2.32. The summed E-state index contributed by atoms with van der Waals surface area (Å²) in [5, 5.41) is 4.02. The van der Waals surface area contributed by atoms with E-state index in [1.807, 2.05) is 12.1 Å². The fourth-order valence-electron chi connectivity index (χ4n) is 2.65. The van der Waals surface area contributed by atoms with E-state index in [1.165, 1.54) is 15.5 Å². The predicted octanol–water partition coefficient (Wildman–Crippen LogP) is 2.16. The number of carbonyl (C=O) groups excluding carboxylic acids is 1. The number of amides is 1. The van der Waals surface area contributed by atoms with Gasteiger partial charge in [-0.15, -0.1) is 0 Å². The Labute approximate surface area is 134 Å². The van der Waals surface area contributed by atoms with E-state index in [1.54, 1.807) is 25.4 Å². The lowest BCUT2D eigenvalue weighted by molar-refractivity contribution is 0.0950. The molecule has 5 nitrogen and oxygen atoms in total. The van der Waals surface area contributed by atoms with Crippen molar-refractivity contribution in [1.82, 2.24) is 14.5 Å². The van der Waals surface area contributed by atoms with Gasteiger partial charge in [0.2, 0.25) is 0 Å². The molecule has 0 aliphatic heterocycles. The summed E-state index contributed by atoms with van der Waals surface area (Å²) in [6.07, 6.45) is 4.49. The Bertz CT molecular complexity index is 892. The Kier molecular flexibility index (Phi) is 4.28. The summed E-state index contributed by atoms with van der Waals surface area (Å²) in [6, 6.07) is 13.5. The summed E-state index contributed by atoms with van der Waals surface area (Å²) in [7, 11) is 1.64. The first kappa shape index (κ1) is 15.1. The molecular formula is C18H19N3O2. The molecule has 0 fully saturated rings. The van der Waals surface area contributed by atoms with E-state index < -0.39 is 0 Å². The molecule has 0 aliphatic carbocycles. The number of aryl methyl sites for hydroxylation is 2. The normalized spacial score (nSPS) is 10.8. The molecule has 1 amide bonds. The maximum Gasteiger partial charge on any atom is 0.263 e. The zero-order valence-corrected chi connectivity index (χ0v) is 13.0. The molecule has 0 saturated carbocycles. The molecule has 0 radical (unpaired) electrons. The first-order valence-electron chi connectivity index (χ1n) is 7.64. The zero-order chi connectivity index (χ0) is 16.2. The highest BCUT2D eigenvalue weighted by molar-refractivity contribution is 5.93. The van der Waals surface area contributed by atoms with Gasteiger partial charge in [-0.3, -0.25) is 9.59 Å². The second-order valence-electron chi connectivity index (χ2n) is 5.52. The molecule has 5 heteroatoms. The predicted molar refractivity (Wildman–Crippen MR) is 90.6 cm³/mol. The number of rotatable bonds is 5. The average molecular weight is 309 g/mol. The van der Waals surface area contributed by atoms with Gasteiger partial charge in [-0.25, -0.2) is 0 Å². The number of nitrogens with zero attached hydrogens (tertiary/aromatic N) is 2. The van der Waals surface area contributed by atoms with E-state index >= 15 is 0 Å². The van der Waals surface area contributed by atoms with Crippen molar-refractivity contribution in [1.29, 1.82) is 0 Å².